The van der Waals surface area contributed by atoms with Gasteiger partial charge in [-0.1, -0.05) is 26.0 Å². The van der Waals surface area contributed by atoms with Crippen molar-refractivity contribution in [3.8, 4) is 5.75 Å². The van der Waals surface area contributed by atoms with Crippen LogP contribution in [0.1, 0.15) is 38.3 Å². The van der Waals surface area contributed by atoms with Gasteiger partial charge in [-0.2, -0.15) is 0 Å². The van der Waals surface area contributed by atoms with Crippen LogP contribution in [0.2, 0.25) is 0 Å². The third kappa shape index (κ3) is 4.84. The lowest BCUT2D eigenvalue weighted by Crippen LogP contribution is -2.50. The van der Waals surface area contributed by atoms with Gasteiger partial charge in [-0.05, 0) is 38.0 Å². The molecule has 1 rings (SSSR count). The van der Waals surface area contributed by atoms with Crippen molar-refractivity contribution in [3.05, 3.63) is 29.3 Å². The maximum absolute atomic E-state index is 9.51. The number of aliphatic hydroxyl groups is 1. The highest BCUT2D eigenvalue weighted by molar-refractivity contribution is 5.38. The average molecular weight is 265 g/mol. The minimum absolute atomic E-state index is 0.112. The number of aliphatic hydroxyl groups excluding tert-OH is 1. The molecule has 0 saturated carbocycles. The largest absolute Gasteiger partial charge is 0.493 e. The van der Waals surface area contributed by atoms with Crippen LogP contribution in [0.25, 0.3) is 0 Å². The van der Waals surface area contributed by atoms with E-state index in [1.54, 1.807) is 0 Å². The first-order valence-corrected chi connectivity index (χ1v) is 6.95. The number of rotatable bonds is 7. The third-order valence-corrected chi connectivity index (χ3v) is 3.45. The van der Waals surface area contributed by atoms with Crippen LogP contribution in [0, 0.1) is 13.8 Å². The fourth-order valence-corrected chi connectivity index (χ4v) is 2.16. The molecule has 0 aliphatic heterocycles. The highest BCUT2D eigenvalue weighted by Gasteiger charge is 2.23. The minimum Gasteiger partial charge on any atom is -0.493 e. The normalized spacial score (nSPS) is 14.5. The van der Waals surface area contributed by atoms with Gasteiger partial charge in [0.2, 0.25) is 0 Å². The summed E-state index contributed by atoms with van der Waals surface area (Å²) < 4.78 is 5.85. The molecule has 0 aromatic heterocycles. The van der Waals surface area contributed by atoms with E-state index in [-0.39, 0.29) is 12.1 Å². The lowest BCUT2D eigenvalue weighted by Gasteiger charge is -2.31. The van der Waals surface area contributed by atoms with Gasteiger partial charge in [-0.3, -0.25) is 0 Å². The van der Waals surface area contributed by atoms with Gasteiger partial charge in [0.05, 0.1) is 13.2 Å². The lowest BCUT2D eigenvalue weighted by atomic mass is 9.98. The van der Waals surface area contributed by atoms with Crippen molar-refractivity contribution in [3.63, 3.8) is 0 Å². The van der Waals surface area contributed by atoms with E-state index in [9.17, 15) is 5.11 Å². The Labute approximate surface area is 117 Å². The van der Waals surface area contributed by atoms with E-state index in [1.807, 2.05) is 19.1 Å². The SMILES string of the molecule is Cc1cccc(OCCC(C)(CO)NC(C)C)c1C. The van der Waals surface area contributed by atoms with Gasteiger partial charge < -0.3 is 15.2 Å². The highest BCUT2D eigenvalue weighted by atomic mass is 16.5. The third-order valence-electron chi connectivity index (χ3n) is 3.45. The molecule has 108 valence electrons. The van der Waals surface area contributed by atoms with Gasteiger partial charge in [0, 0.05) is 18.0 Å². The van der Waals surface area contributed by atoms with E-state index in [2.05, 4.69) is 39.1 Å². The summed E-state index contributed by atoms with van der Waals surface area (Å²) >= 11 is 0. The molecule has 0 fully saturated rings. The van der Waals surface area contributed by atoms with Crippen molar-refractivity contribution in [2.75, 3.05) is 13.2 Å². The van der Waals surface area contributed by atoms with Crippen molar-refractivity contribution in [1.82, 2.24) is 5.32 Å². The molecule has 1 unspecified atom stereocenters. The van der Waals surface area contributed by atoms with Crippen LogP contribution in [0.5, 0.6) is 5.75 Å². The zero-order chi connectivity index (χ0) is 14.5. The molecule has 0 aliphatic rings. The fraction of sp³-hybridized carbons (Fsp3) is 0.625. The molecule has 3 nitrogen and oxygen atoms in total. The number of aryl methyl sites for hydroxylation is 1. The Hall–Kier alpha value is -1.06. The Balaban J connectivity index is 2.55. The van der Waals surface area contributed by atoms with Crippen molar-refractivity contribution in [2.45, 2.75) is 52.6 Å². The second-order valence-corrected chi connectivity index (χ2v) is 5.81. The van der Waals surface area contributed by atoms with Gasteiger partial charge in [-0.25, -0.2) is 0 Å². The van der Waals surface area contributed by atoms with Crippen LogP contribution in [-0.4, -0.2) is 29.9 Å². The molecule has 0 saturated heterocycles. The zero-order valence-corrected chi connectivity index (χ0v) is 12.8. The van der Waals surface area contributed by atoms with Crippen LogP contribution in [0.15, 0.2) is 18.2 Å². The molecule has 0 amide bonds. The molecule has 1 atom stereocenters. The van der Waals surface area contributed by atoms with Gasteiger partial charge in [-0.15, -0.1) is 0 Å². The molecular formula is C16H27NO2. The topological polar surface area (TPSA) is 41.5 Å². The molecular weight excluding hydrogens is 238 g/mol. The first-order chi connectivity index (χ1) is 8.88. The summed E-state index contributed by atoms with van der Waals surface area (Å²) in [6.07, 6.45) is 0.773. The summed E-state index contributed by atoms with van der Waals surface area (Å²) in [5.41, 5.74) is 2.14. The second-order valence-electron chi connectivity index (χ2n) is 5.81. The average Bonchev–Trinajstić information content (AvgIpc) is 2.33. The van der Waals surface area contributed by atoms with E-state index >= 15 is 0 Å². The Bertz CT molecular complexity index is 404. The summed E-state index contributed by atoms with van der Waals surface area (Å²) in [5.74, 6) is 0.935. The number of ether oxygens (including phenoxy) is 1. The summed E-state index contributed by atoms with van der Waals surface area (Å²) in [7, 11) is 0. The van der Waals surface area contributed by atoms with E-state index in [4.69, 9.17) is 4.74 Å². The molecule has 2 N–H and O–H groups in total. The standard InChI is InChI=1S/C16H27NO2/c1-12(2)17-16(5,11-18)9-10-19-15-8-6-7-13(3)14(15)4/h6-8,12,17-18H,9-11H2,1-5H3. The molecule has 0 spiro atoms. The van der Waals surface area contributed by atoms with Gasteiger partial charge >= 0.3 is 0 Å². The quantitative estimate of drug-likeness (QED) is 0.796. The first kappa shape index (κ1) is 16.0. The summed E-state index contributed by atoms with van der Waals surface area (Å²) in [6.45, 7) is 11.1. The van der Waals surface area contributed by atoms with Crippen LogP contribution >= 0.6 is 0 Å². The molecule has 0 aliphatic carbocycles. The smallest absolute Gasteiger partial charge is 0.122 e. The zero-order valence-electron chi connectivity index (χ0n) is 12.8. The Kier molecular flexibility index (Phi) is 5.83. The van der Waals surface area contributed by atoms with E-state index in [0.29, 0.717) is 12.6 Å². The van der Waals surface area contributed by atoms with E-state index in [0.717, 1.165) is 12.2 Å². The van der Waals surface area contributed by atoms with Crippen molar-refractivity contribution in [1.29, 1.82) is 0 Å². The van der Waals surface area contributed by atoms with Crippen LogP contribution in [0.4, 0.5) is 0 Å². The molecule has 1 aromatic carbocycles. The Morgan fingerprint density at radius 3 is 2.58 bits per heavy atom. The summed E-state index contributed by atoms with van der Waals surface area (Å²) in [5, 5.41) is 12.9. The van der Waals surface area contributed by atoms with Crippen molar-refractivity contribution >= 4 is 0 Å². The monoisotopic (exact) mass is 265 g/mol. The minimum atomic E-state index is -0.286. The first-order valence-electron chi connectivity index (χ1n) is 6.95. The molecule has 0 bridgehead atoms. The lowest BCUT2D eigenvalue weighted by molar-refractivity contribution is 0.136. The van der Waals surface area contributed by atoms with Crippen molar-refractivity contribution in [2.24, 2.45) is 0 Å². The fourth-order valence-electron chi connectivity index (χ4n) is 2.16. The molecule has 1 aromatic rings. The predicted octanol–water partition coefficient (Wildman–Crippen LogP) is 2.82. The van der Waals surface area contributed by atoms with Crippen LogP contribution < -0.4 is 10.1 Å². The van der Waals surface area contributed by atoms with Gasteiger partial charge in [0.15, 0.2) is 0 Å². The maximum atomic E-state index is 9.51. The summed E-state index contributed by atoms with van der Waals surface area (Å²) in [6, 6.07) is 6.43. The number of hydrogen-bond acceptors (Lipinski definition) is 3. The second kappa shape index (κ2) is 6.92. The number of nitrogens with one attached hydrogen (secondary N) is 1. The predicted molar refractivity (Wildman–Crippen MR) is 79.8 cm³/mol. The van der Waals surface area contributed by atoms with Crippen LogP contribution in [0.3, 0.4) is 0 Å². The molecule has 3 heteroatoms. The number of benzene rings is 1. The van der Waals surface area contributed by atoms with E-state index < -0.39 is 0 Å². The van der Waals surface area contributed by atoms with Crippen LogP contribution in [-0.2, 0) is 0 Å². The van der Waals surface area contributed by atoms with E-state index in [1.165, 1.54) is 11.1 Å². The molecule has 19 heavy (non-hydrogen) atoms. The Morgan fingerprint density at radius 1 is 1.32 bits per heavy atom. The Morgan fingerprint density at radius 2 is 2.00 bits per heavy atom. The number of hydrogen-bond donors (Lipinski definition) is 2. The van der Waals surface area contributed by atoms with Gasteiger partial charge in [0.1, 0.15) is 5.75 Å². The molecule has 0 radical (unpaired) electrons. The summed E-state index contributed by atoms with van der Waals surface area (Å²) in [4.78, 5) is 0. The maximum Gasteiger partial charge on any atom is 0.122 e. The molecule has 0 heterocycles. The van der Waals surface area contributed by atoms with Crippen molar-refractivity contribution < 1.29 is 9.84 Å². The van der Waals surface area contributed by atoms with Gasteiger partial charge in [0.25, 0.3) is 0 Å². The highest BCUT2D eigenvalue weighted by Crippen LogP contribution is 2.21.